The van der Waals surface area contributed by atoms with Crippen LogP contribution in [0.25, 0.3) is 0 Å². The summed E-state index contributed by atoms with van der Waals surface area (Å²) in [4.78, 5) is 12.8. The highest BCUT2D eigenvalue weighted by atomic mass is 16.5. The monoisotopic (exact) mass is 182 g/mol. The molecule has 1 aliphatic heterocycles. The predicted molar refractivity (Wildman–Crippen MR) is 46.9 cm³/mol. The fourth-order valence-corrected chi connectivity index (χ4v) is 1.58. The van der Waals surface area contributed by atoms with E-state index >= 15 is 0 Å². The van der Waals surface area contributed by atoms with Gasteiger partial charge in [0, 0.05) is 19.5 Å². The van der Waals surface area contributed by atoms with E-state index < -0.39 is 0 Å². The molecule has 0 spiro atoms. The molecule has 1 saturated heterocycles. The van der Waals surface area contributed by atoms with Crippen LogP contribution in [0.4, 0.5) is 4.79 Å². The van der Waals surface area contributed by atoms with Gasteiger partial charge in [-0.3, -0.25) is 0 Å². The van der Waals surface area contributed by atoms with Gasteiger partial charge in [0.05, 0.1) is 13.2 Å². The van der Waals surface area contributed by atoms with Gasteiger partial charge in [-0.2, -0.15) is 5.26 Å². The van der Waals surface area contributed by atoms with Gasteiger partial charge in [-0.1, -0.05) is 0 Å². The van der Waals surface area contributed by atoms with Gasteiger partial charge in [0.15, 0.2) is 0 Å². The molecule has 0 aromatic rings. The summed E-state index contributed by atoms with van der Waals surface area (Å²) in [7, 11) is 1.39. The van der Waals surface area contributed by atoms with E-state index in [1.165, 1.54) is 7.11 Å². The van der Waals surface area contributed by atoms with Gasteiger partial charge < -0.3 is 9.64 Å². The highest BCUT2D eigenvalue weighted by Crippen LogP contribution is 2.19. The molecule has 0 saturated carbocycles. The van der Waals surface area contributed by atoms with Crippen LogP contribution in [0.2, 0.25) is 0 Å². The molecule has 1 rings (SSSR count). The van der Waals surface area contributed by atoms with E-state index in [-0.39, 0.29) is 6.09 Å². The summed E-state index contributed by atoms with van der Waals surface area (Å²) in [5, 5.41) is 8.48. The lowest BCUT2D eigenvalue weighted by Crippen LogP contribution is -2.38. The zero-order valence-electron chi connectivity index (χ0n) is 7.82. The number of amides is 1. The van der Waals surface area contributed by atoms with Crippen molar-refractivity contribution in [3.8, 4) is 6.07 Å². The number of piperidine rings is 1. The van der Waals surface area contributed by atoms with Crippen molar-refractivity contribution in [2.24, 2.45) is 5.92 Å². The lowest BCUT2D eigenvalue weighted by molar-refractivity contribution is 0.106. The standard InChI is InChI=1S/C9H14N2O2/c1-13-9(12)11-6-3-8(2-5-10)4-7-11/h8H,2-4,6-7H2,1H3. The molecule has 0 aromatic carbocycles. The molecule has 0 atom stereocenters. The Hall–Kier alpha value is -1.24. The summed E-state index contributed by atoms with van der Waals surface area (Å²) in [6.07, 6.45) is 2.19. The van der Waals surface area contributed by atoms with E-state index in [1.807, 2.05) is 0 Å². The van der Waals surface area contributed by atoms with Crippen molar-refractivity contribution in [1.29, 1.82) is 5.26 Å². The Balaban J connectivity index is 2.31. The SMILES string of the molecule is COC(=O)N1CCC(CC#N)CC1. The quantitative estimate of drug-likeness (QED) is 0.615. The van der Waals surface area contributed by atoms with Gasteiger partial charge in [-0.15, -0.1) is 0 Å². The van der Waals surface area contributed by atoms with E-state index in [9.17, 15) is 4.79 Å². The molecule has 4 heteroatoms. The highest BCUT2D eigenvalue weighted by molar-refractivity contribution is 5.67. The molecule has 1 fully saturated rings. The number of carbonyl (C=O) groups is 1. The number of nitriles is 1. The molecule has 0 radical (unpaired) electrons. The Kier molecular flexibility index (Phi) is 3.56. The molecule has 0 bridgehead atoms. The third kappa shape index (κ3) is 2.62. The number of carbonyl (C=O) groups excluding carboxylic acids is 1. The van der Waals surface area contributed by atoms with Gasteiger partial charge in [-0.05, 0) is 18.8 Å². The number of hydrogen-bond donors (Lipinski definition) is 0. The Morgan fingerprint density at radius 3 is 2.69 bits per heavy atom. The first-order chi connectivity index (χ1) is 6.27. The molecule has 0 aliphatic carbocycles. The van der Waals surface area contributed by atoms with E-state index in [0.29, 0.717) is 12.3 Å². The average Bonchev–Trinajstić information content (AvgIpc) is 2.18. The third-order valence-corrected chi connectivity index (χ3v) is 2.43. The van der Waals surface area contributed by atoms with Crippen LogP contribution < -0.4 is 0 Å². The Labute approximate surface area is 78.1 Å². The predicted octanol–water partition coefficient (Wildman–Crippen LogP) is 1.38. The van der Waals surface area contributed by atoms with Crippen LogP contribution in [-0.2, 0) is 4.74 Å². The van der Waals surface area contributed by atoms with Crippen molar-refractivity contribution < 1.29 is 9.53 Å². The maximum atomic E-state index is 11.1. The summed E-state index contributed by atoms with van der Waals surface area (Å²) in [5.41, 5.74) is 0. The number of likely N-dealkylation sites (tertiary alicyclic amines) is 1. The maximum absolute atomic E-state index is 11.1. The minimum atomic E-state index is -0.254. The average molecular weight is 182 g/mol. The summed E-state index contributed by atoms with van der Waals surface area (Å²) < 4.78 is 4.61. The van der Waals surface area contributed by atoms with Crippen molar-refractivity contribution in [3.05, 3.63) is 0 Å². The molecular weight excluding hydrogens is 168 g/mol. The largest absolute Gasteiger partial charge is 0.453 e. The summed E-state index contributed by atoms with van der Waals surface area (Å²) >= 11 is 0. The topological polar surface area (TPSA) is 53.3 Å². The number of rotatable bonds is 1. The van der Waals surface area contributed by atoms with Crippen LogP contribution >= 0.6 is 0 Å². The molecule has 1 aliphatic rings. The minimum absolute atomic E-state index is 0.254. The molecule has 13 heavy (non-hydrogen) atoms. The van der Waals surface area contributed by atoms with Crippen LogP contribution in [-0.4, -0.2) is 31.2 Å². The third-order valence-electron chi connectivity index (χ3n) is 2.43. The van der Waals surface area contributed by atoms with Gasteiger partial charge in [0.1, 0.15) is 0 Å². The first kappa shape index (κ1) is 9.85. The zero-order chi connectivity index (χ0) is 9.68. The van der Waals surface area contributed by atoms with Crippen LogP contribution in [0.3, 0.4) is 0 Å². The molecule has 0 unspecified atom stereocenters. The Morgan fingerprint density at radius 2 is 2.23 bits per heavy atom. The maximum Gasteiger partial charge on any atom is 0.409 e. The van der Waals surface area contributed by atoms with E-state index in [1.54, 1.807) is 4.90 Å². The second-order valence-electron chi connectivity index (χ2n) is 3.26. The van der Waals surface area contributed by atoms with Crippen molar-refractivity contribution in [2.45, 2.75) is 19.3 Å². The lowest BCUT2D eigenvalue weighted by atomic mass is 9.94. The van der Waals surface area contributed by atoms with Crippen molar-refractivity contribution >= 4 is 6.09 Å². The molecular formula is C9H14N2O2. The van der Waals surface area contributed by atoms with Crippen molar-refractivity contribution in [1.82, 2.24) is 4.90 Å². The van der Waals surface area contributed by atoms with Crippen LogP contribution in [0.5, 0.6) is 0 Å². The molecule has 1 amide bonds. The zero-order valence-corrected chi connectivity index (χ0v) is 7.82. The normalized spacial score (nSPS) is 18.0. The Morgan fingerprint density at radius 1 is 1.62 bits per heavy atom. The highest BCUT2D eigenvalue weighted by Gasteiger charge is 2.22. The second kappa shape index (κ2) is 4.70. The van der Waals surface area contributed by atoms with Crippen molar-refractivity contribution in [3.63, 3.8) is 0 Å². The first-order valence-electron chi connectivity index (χ1n) is 4.47. The van der Waals surface area contributed by atoms with E-state index in [4.69, 9.17) is 5.26 Å². The van der Waals surface area contributed by atoms with Crippen LogP contribution in [0.1, 0.15) is 19.3 Å². The van der Waals surface area contributed by atoms with E-state index in [0.717, 1.165) is 25.9 Å². The lowest BCUT2D eigenvalue weighted by Gasteiger charge is -2.29. The molecule has 72 valence electrons. The first-order valence-corrected chi connectivity index (χ1v) is 4.47. The van der Waals surface area contributed by atoms with Gasteiger partial charge in [0.2, 0.25) is 0 Å². The van der Waals surface area contributed by atoms with Gasteiger partial charge in [-0.25, -0.2) is 4.79 Å². The smallest absolute Gasteiger partial charge is 0.409 e. The summed E-state index contributed by atoms with van der Waals surface area (Å²) in [6, 6.07) is 2.16. The van der Waals surface area contributed by atoms with Crippen LogP contribution in [0, 0.1) is 17.2 Å². The fraction of sp³-hybridized carbons (Fsp3) is 0.778. The number of ether oxygens (including phenoxy) is 1. The van der Waals surface area contributed by atoms with E-state index in [2.05, 4.69) is 10.8 Å². The Bertz CT molecular complexity index is 214. The molecule has 4 nitrogen and oxygen atoms in total. The molecule has 0 aromatic heterocycles. The molecule has 0 N–H and O–H groups in total. The minimum Gasteiger partial charge on any atom is -0.453 e. The van der Waals surface area contributed by atoms with Crippen molar-refractivity contribution in [2.75, 3.05) is 20.2 Å². The number of hydrogen-bond acceptors (Lipinski definition) is 3. The second-order valence-corrected chi connectivity index (χ2v) is 3.26. The fourth-order valence-electron chi connectivity index (χ4n) is 1.58. The summed E-state index contributed by atoms with van der Waals surface area (Å²) in [6.45, 7) is 1.44. The van der Waals surface area contributed by atoms with Gasteiger partial charge >= 0.3 is 6.09 Å². The molecule has 1 heterocycles. The number of methoxy groups -OCH3 is 1. The van der Waals surface area contributed by atoms with Gasteiger partial charge in [0.25, 0.3) is 0 Å². The number of nitrogens with zero attached hydrogens (tertiary/aromatic N) is 2. The summed E-state index contributed by atoms with van der Waals surface area (Å²) in [5.74, 6) is 0.464. The van der Waals surface area contributed by atoms with Crippen LogP contribution in [0.15, 0.2) is 0 Å².